The fourth-order valence-electron chi connectivity index (χ4n) is 2.48. The van der Waals surface area contributed by atoms with Crippen LogP contribution >= 0.6 is 0 Å². The first-order valence-electron chi connectivity index (χ1n) is 6.50. The Morgan fingerprint density at radius 1 is 1.28 bits per heavy atom. The van der Waals surface area contributed by atoms with Gasteiger partial charge in [-0.1, -0.05) is 30.3 Å². The molecule has 0 atom stereocenters. The number of carbonyl (C=O) groups is 1. The van der Waals surface area contributed by atoms with Crippen LogP contribution in [-0.4, -0.2) is 11.4 Å². The molecule has 1 aromatic carbocycles. The summed E-state index contributed by atoms with van der Waals surface area (Å²) in [5.74, 6) is -0.0118. The second kappa shape index (κ2) is 5.68. The SMILES string of the molecule is N#CC1(NC(=O)CCc2ccccc2)CCCC1. The lowest BCUT2D eigenvalue weighted by atomic mass is 9.99. The maximum absolute atomic E-state index is 11.9. The molecule has 2 rings (SSSR count). The summed E-state index contributed by atoms with van der Waals surface area (Å²) in [6, 6.07) is 12.2. The molecule has 0 aliphatic heterocycles. The van der Waals surface area contributed by atoms with Gasteiger partial charge in [0.2, 0.25) is 5.91 Å². The number of hydrogen-bond donors (Lipinski definition) is 1. The Morgan fingerprint density at radius 2 is 1.94 bits per heavy atom. The number of benzene rings is 1. The Labute approximate surface area is 108 Å². The van der Waals surface area contributed by atoms with Crippen LogP contribution in [0.25, 0.3) is 0 Å². The predicted octanol–water partition coefficient (Wildman–Crippen LogP) is 2.57. The molecule has 0 radical (unpaired) electrons. The molecule has 0 heterocycles. The summed E-state index contributed by atoms with van der Waals surface area (Å²) < 4.78 is 0. The van der Waals surface area contributed by atoms with Crippen molar-refractivity contribution in [3.63, 3.8) is 0 Å². The third kappa shape index (κ3) is 3.10. The third-order valence-corrected chi connectivity index (χ3v) is 3.53. The topological polar surface area (TPSA) is 52.9 Å². The van der Waals surface area contributed by atoms with E-state index in [0.29, 0.717) is 6.42 Å². The minimum Gasteiger partial charge on any atom is -0.338 e. The van der Waals surface area contributed by atoms with Gasteiger partial charge in [0, 0.05) is 6.42 Å². The van der Waals surface area contributed by atoms with Gasteiger partial charge in [-0.2, -0.15) is 5.26 Å². The van der Waals surface area contributed by atoms with Crippen molar-refractivity contribution in [2.45, 2.75) is 44.1 Å². The molecule has 1 N–H and O–H groups in total. The highest BCUT2D eigenvalue weighted by Gasteiger charge is 2.34. The van der Waals surface area contributed by atoms with Gasteiger partial charge < -0.3 is 5.32 Å². The van der Waals surface area contributed by atoms with Crippen LogP contribution < -0.4 is 5.32 Å². The van der Waals surface area contributed by atoms with Crippen molar-refractivity contribution < 1.29 is 4.79 Å². The lowest BCUT2D eigenvalue weighted by Gasteiger charge is -2.21. The van der Waals surface area contributed by atoms with E-state index in [-0.39, 0.29) is 5.91 Å². The average Bonchev–Trinajstić information content (AvgIpc) is 2.87. The van der Waals surface area contributed by atoms with Gasteiger partial charge in [0.15, 0.2) is 0 Å². The van der Waals surface area contributed by atoms with Crippen molar-refractivity contribution in [2.75, 3.05) is 0 Å². The number of hydrogen-bond acceptors (Lipinski definition) is 2. The molecule has 1 fully saturated rings. The van der Waals surface area contributed by atoms with Crippen molar-refractivity contribution >= 4 is 5.91 Å². The number of carbonyl (C=O) groups excluding carboxylic acids is 1. The second-order valence-electron chi connectivity index (χ2n) is 4.93. The van der Waals surface area contributed by atoms with Crippen molar-refractivity contribution in [2.24, 2.45) is 0 Å². The van der Waals surface area contributed by atoms with Gasteiger partial charge >= 0.3 is 0 Å². The quantitative estimate of drug-likeness (QED) is 0.882. The predicted molar refractivity (Wildman–Crippen MR) is 69.7 cm³/mol. The van der Waals surface area contributed by atoms with Gasteiger partial charge in [-0.25, -0.2) is 0 Å². The molecule has 18 heavy (non-hydrogen) atoms. The lowest BCUT2D eigenvalue weighted by molar-refractivity contribution is -0.122. The Bertz CT molecular complexity index is 441. The standard InChI is InChI=1S/C15H18N2O/c16-12-15(10-4-5-11-15)17-14(18)9-8-13-6-2-1-3-7-13/h1-3,6-7H,4-5,8-11H2,(H,17,18). The molecule has 0 bridgehead atoms. The molecule has 0 saturated heterocycles. The number of amides is 1. The van der Waals surface area contributed by atoms with E-state index in [4.69, 9.17) is 0 Å². The molecule has 3 nitrogen and oxygen atoms in total. The number of nitrogens with zero attached hydrogens (tertiary/aromatic N) is 1. The van der Waals surface area contributed by atoms with Crippen molar-refractivity contribution in [3.8, 4) is 6.07 Å². The largest absolute Gasteiger partial charge is 0.338 e. The maximum Gasteiger partial charge on any atom is 0.221 e. The van der Waals surface area contributed by atoms with Gasteiger partial charge in [-0.3, -0.25) is 4.79 Å². The first-order valence-corrected chi connectivity index (χ1v) is 6.50. The van der Waals surface area contributed by atoms with E-state index in [9.17, 15) is 10.1 Å². The van der Waals surface area contributed by atoms with E-state index in [1.54, 1.807) is 0 Å². The van der Waals surface area contributed by atoms with Crippen LogP contribution in [0.5, 0.6) is 0 Å². The zero-order chi connectivity index (χ0) is 12.8. The van der Waals surface area contributed by atoms with Crippen LogP contribution in [0, 0.1) is 11.3 Å². The summed E-state index contributed by atoms with van der Waals surface area (Å²) in [7, 11) is 0. The van der Waals surface area contributed by atoms with Crippen LogP contribution in [0.1, 0.15) is 37.7 Å². The molecule has 0 unspecified atom stereocenters. The van der Waals surface area contributed by atoms with E-state index in [1.807, 2.05) is 30.3 Å². The fourth-order valence-corrected chi connectivity index (χ4v) is 2.48. The lowest BCUT2D eigenvalue weighted by Crippen LogP contribution is -2.45. The van der Waals surface area contributed by atoms with Crippen molar-refractivity contribution in [3.05, 3.63) is 35.9 Å². The Morgan fingerprint density at radius 3 is 2.56 bits per heavy atom. The molecule has 1 aliphatic carbocycles. The average molecular weight is 242 g/mol. The second-order valence-corrected chi connectivity index (χ2v) is 4.93. The van der Waals surface area contributed by atoms with E-state index >= 15 is 0 Å². The summed E-state index contributed by atoms with van der Waals surface area (Å²) in [6.07, 6.45) is 4.84. The van der Waals surface area contributed by atoms with Gasteiger partial charge in [-0.05, 0) is 37.7 Å². The zero-order valence-electron chi connectivity index (χ0n) is 10.5. The van der Waals surface area contributed by atoms with Crippen LogP contribution in [0.3, 0.4) is 0 Å². The number of aryl methyl sites for hydroxylation is 1. The molecule has 94 valence electrons. The summed E-state index contributed by atoms with van der Waals surface area (Å²) in [6.45, 7) is 0. The summed E-state index contributed by atoms with van der Waals surface area (Å²) in [4.78, 5) is 11.9. The molecule has 1 amide bonds. The van der Waals surface area contributed by atoms with Gasteiger partial charge in [0.1, 0.15) is 5.54 Å². The molecule has 1 aliphatic rings. The van der Waals surface area contributed by atoms with Crippen LogP contribution in [0.2, 0.25) is 0 Å². The summed E-state index contributed by atoms with van der Waals surface area (Å²) in [5.41, 5.74) is 0.568. The van der Waals surface area contributed by atoms with Gasteiger partial charge in [-0.15, -0.1) is 0 Å². The Hall–Kier alpha value is -1.82. The number of rotatable bonds is 4. The monoisotopic (exact) mass is 242 g/mol. The smallest absolute Gasteiger partial charge is 0.221 e. The molecule has 1 aromatic rings. The van der Waals surface area contributed by atoms with Crippen molar-refractivity contribution in [1.82, 2.24) is 5.32 Å². The van der Waals surface area contributed by atoms with E-state index in [0.717, 1.165) is 37.7 Å². The number of nitrogens with one attached hydrogen (secondary N) is 1. The van der Waals surface area contributed by atoms with Crippen LogP contribution in [0.4, 0.5) is 0 Å². The minimum absolute atomic E-state index is 0.0118. The highest BCUT2D eigenvalue weighted by atomic mass is 16.1. The summed E-state index contributed by atoms with van der Waals surface area (Å²) in [5, 5.41) is 12.1. The number of nitriles is 1. The highest BCUT2D eigenvalue weighted by Crippen LogP contribution is 2.28. The van der Waals surface area contributed by atoms with Gasteiger partial charge in [0.25, 0.3) is 0 Å². The molecule has 3 heteroatoms. The Kier molecular flexibility index (Phi) is 3.99. The third-order valence-electron chi connectivity index (χ3n) is 3.53. The van der Waals surface area contributed by atoms with E-state index < -0.39 is 5.54 Å². The van der Waals surface area contributed by atoms with Crippen LogP contribution in [-0.2, 0) is 11.2 Å². The van der Waals surface area contributed by atoms with E-state index in [2.05, 4.69) is 11.4 Å². The molecule has 1 saturated carbocycles. The molecular weight excluding hydrogens is 224 g/mol. The summed E-state index contributed by atoms with van der Waals surface area (Å²) >= 11 is 0. The van der Waals surface area contributed by atoms with Crippen molar-refractivity contribution in [1.29, 1.82) is 5.26 Å². The van der Waals surface area contributed by atoms with E-state index in [1.165, 1.54) is 0 Å². The van der Waals surface area contributed by atoms with Gasteiger partial charge in [0.05, 0.1) is 6.07 Å². The zero-order valence-corrected chi connectivity index (χ0v) is 10.5. The Balaban J connectivity index is 1.84. The maximum atomic E-state index is 11.9. The fraction of sp³-hybridized carbons (Fsp3) is 0.467. The molecule has 0 aromatic heterocycles. The normalized spacial score (nSPS) is 17.1. The molecular formula is C15H18N2O. The minimum atomic E-state index is -0.590. The first-order chi connectivity index (χ1) is 8.74. The highest BCUT2D eigenvalue weighted by molar-refractivity contribution is 5.77. The molecule has 0 spiro atoms. The van der Waals surface area contributed by atoms with Crippen LogP contribution in [0.15, 0.2) is 30.3 Å². The first kappa shape index (κ1) is 12.6.